The van der Waals surface area contributed by atoms with Crippen molar-refractivity contribution in [1.82, 2.24) is 25.0 Å². The Kier molecular flexibility index (Phi) is 5.98. The molecule has 0 radical (unpaired) electrons. The Labute approximate surface area is 163 Å². The topological polar surface area (TPSA) is 99.9 Å². The second-order valence-electron chi connectivity index (χ2n) is 6.78. The van der Waals surface area contributed by atoms with Crippen LogP contribution in [0.4, 0.5) is 11.8 Å². The standard InChI is InChI=1S/C18H25N7O3/c26-17(15-2-1-11-28-15)25-7-5-24(6-8-25)16-14-20-22-18(21-16)19-3-4-23-9-12-27-13-10-23/h1-2,11,14H,3-10,12-13H2,(H,19,21,22). The lowest BCUT2D eigenvalue weighted by molar-refractivity contribution is 0.0398. The third-order valence-electron chi connectivity index (χ3n) is 4.98. The number of carbonyl (C=O) groups is 1. The summed E-state index contributed by atoms with van der Waals surface area (Å²) in [5.74, 6) is 1.61. The smallest absolute Gasteiger partial charge is 0.289 e. The highest BCUT2D eigenvalue weighted by Crippen LogP contribution is 2.15. The van der Waals surface area contributed by atoms with Crippen LogP contribution in [0, 0.1) is 0 Å². The maximum absolute atomic E-state index is 12.4. The maximum Gasteiger partial charge on any atom is 0.289 e. The number of ether oxygens (including phenoxy) is 1. The largest absolute Gasteiger partial charge is 0.459 e. The van der Waals surface area contributed by atoms with Crippen LogP contribution in [0.1, 0.15) is 10.6 Å². The molecule has 0 aliphatic carbocycles. The second-order valence-corrected chi connectivity index (χ2v) is 6.78. The van der Waals surface area contributed by atoms with Crippen molar-refractivity contribution in [3.05, 3.63) is 30.4 Å². The fourth-order valence-corrected chi connectivity index (χ4v) is 3.37. The van der Waals surface area contributed by atoms with E-state index in [0.717, 1.165) is 45.2 Å². The molecular weight excluding hydrogens is 362 g/mol. The van der Waals surface area contributed by atoms with Crippen molar-refractivity contribution < 1.29 is 13.9 Å². The van der Waals surface area contributed by atoms with Crippen molar-refractivity contribution in [3.8, 4) is 0 Å². The van der Waals surface area contributed by atoms with Crippen molar-refractivity contribution in [1.29, 1.82) is 0 Å². The minimum absolute atomic E-state index is 0.0732. The Bertz CT molecular complexity index is 756. The van der Waals surface area contributed by atoms with E-state index in [9.17, 15) is 4.79 Å². The molecule has 4 rings (SSSR count). The van der Waals surface area contributed by atoms with Gasteiger partial charge in [0.05, 0.1) is 25.7 Å². The summed E-state index contributed by atoms with van der Waals surface area (Å²) in [5.41, 5.74) is 0. The Hall–Kier alpha value is -2.72. The number of anilines is 2. The van der Waals surface area contributed by atoms with Gasteiger partial charge in [0.15, 0.2) is 11.6 Å². The van der Waals surface area contributed by atoms with Gasteiger partial charge in [-0.15, -0.1) is 5.10 Å². The van der Waals surface area contributed by atoms with Gasteiger partial charge in [-0.2, -0.15) is 10.1 Å². The van der Waals surface area contributed by atoms with E-state index in [1.165, 1.54) is 6.26 Å². The van der Waals surface area contributed by atoms with Gasteiger partial charge in [0.1, 0.15) is 0 Å². The van der Waals surface area contributed by atoms with E-state index in [1.807, 2.05) is 0 Å². The molecule has 2 aromatic heterocycles. The Morgan fingerprint density at radius 3 is 2.71 bits per heavy atom. The number of carbonyl (C=O) groups excluding carboxylic acids is 1. The molecule has 4 heterocycles. The normalized spacial score (nSPS) is 18.3. The van der Waals surface area contributed by atoms with E-state index in [-0.39, 0.29) is 5.91 Å². The molecule has 10 heteroatoms. The van der Waals surface area contributed by atoms with Crippen molar-refractivity contribution in [2.45, 2.75) is 0 Å². The molecule has 0 unspecified atom stereocenters. The van der Waals surface area contributed by atoms with Gasteiger partial charge in [0, 0.05) is 52.4 Å². The molecule has 2 aliphatic rings. The third-order valence-corrected chi connectivity index (χ3v) is 4.98. The van der Waals surface area contributed by atoms with Crippen LogP contribution in [0.5, 0.6) is 0 Å². The monoisotopic (exact) mass is 387 g/mol. The SMILES string of the molecule is O=C(c1ccco1)N1CCN(c2cnnc(NCCN3CCOCC3)n2)CC1. The summed E-state index contributed by atoms with van der Waals surface area (Å²) in [6.45, 7) is 7.80. The predicted octanol–water partition coefficient (Wildman–Crippen LogP) is 0.171. The summed E-state index contributed by atoms with van der Waals surface area (Å²) in [4.78, 5) is 23.2. The minimum atomic E-state index is -0.0732. The number of amides is 1. The average molecular weight is 387 g/mol. The summed E-state index contributed by atoms with van der Waals surface area (Å²) < 4.78 is 10.6. The molecule has 2 aromatic rings. The van der Waals surface area contributed by atoms with Gasteiger partial charge in [-0.1, -0.05) is 0 Å². The van der Waals surface area contributed by atoms with Crippen molar-refractivity contribution >= 4 is 17.7 Å². The number of furan rings is 1. The Morgan fingerprint density at radius 1 is 1.14 bits per heavy atom. The third kappa shape index (κ3) is 4.57. The first-order chi connectivity index (χ1) is 13.8. The number of nitrogens with zero attached hydrogens (tertiary/aromatic N) is 6. The molecule has 150 valence electrons. The lowest BCUT2D eigenvalue weighted by Crippen LogP contribution is -2.49. The summed E-state index contributed by atoms with van der Waals surface area (Å²) in [5, 5.41) is 11.4. The molecular formula is C18H25N7O3. The first kappa shape index (κ1) is 18.6. The molecule has 0 bridgehead atoms. The quantitative estimate of drug-likeness (QED) is 0.743. The summed E-state index contributed by atoms with van der Waals surface area (Å²) >= 11 is 0. The van der Waals surface area contributed by atoms with E-state index in [4.69, 9.17) is 9.15 Å². The highest BCUT2D eigenvalue weighted by molar-refractivity contribution is 5.91. The van der Waals surface area contributed by atoms with Gasteiger partial charge < -0.3 is 24.3 Å². The second kappa shape index (κ2) is 8.98. The summed E-state index contributed by atoms with van der Waals surface area (Å²) in [6, 6.07) is 3.42. The first-order valence-corrected chi connectivity index (χ1v) is 9.61. The van der Waals surface area contributed by atoms with Crippen LogP contribution in [0.15, 0.2) is 29.0 Å². The molecule has 1 amide bonds. The number of hydrogen-bond acceptors (Lipinski definition) is 9. The highest BCUT2D eigenvalue weighted by Gasteiger charge is 2.24. The van der Waals surface area contributed by atoms with E-state index in [1.54, 1.807) is 23.2 Å². The van der Waals surface area contributed by atoms with Crippen LogP contribution in [0.3, 0.4) is 0 Å². The number of aromatic nitrogens is 3. The first-order valence-electron chi connectivity index (χ1n) is 9.61. The average Bonchev–Trinajstić information content (AvgIpc) is 3.29. The van der Waals surface area contributed by atoms with E-state index in [2.05, 4.69) is 30.3 Å². The van der Waals surface area contributed by atoms with Crippen LogP contribution < -0.4 is 10.2 Å². The molecule has 0 aromatic carbocycles. The van der Waals surface area contributed by atoms with Gasteiger partial charge in [0.2, 0.25) is 5.95 Å². The van der Waals surface area contributed by atoms with Crippen LogP contribution >= 0.6 is 0 Å². The number of hydrogen-bond donors (Lipinski definition) is 1. The van der Waals surface area contributed by atoms with Gasteiger partial charge in [0.25, 0.3) is 5.91 Å². The van der Waals surface area contributed by atoms with E-state index >= 15 is 0 Å². The predicted molar refractivity (Wildman–Crippen MR) is 102 cm³/mol. The molecule has 2 saturated heterocycles. The van der Waals surface area contributed by atoms with Crippen LogP contribution in [0.25, 0.3) is 0 Å². The van der Waals surface area contributed by atoms with E-state index < -0.39 is 0 Å². The van der Waals surface area contributed by atoms with Gasteiger partial charge in [-0.3, -0.25) is 9.69 Å². The minimum Gasteiger partial charge on any atom is -0.459 e. The Balaban J connectivity index is 1.27. The lowest BCUT2D eigenvalue weighted by Gasteiger charge is -2.34. The molecule has 1 N–H and O–H groups in total. The molecule has 0 atom stereocenters. The number of piperazine rings is 1. The fraction of sp³-hybridized carbons (Fsp3) is 0.556. The molecule has 10 nitrogen and oxygen atoms in total. The molecule has 0 spiro atoms. The van der Waals surface area contributed by atoms with Gasteiger partial charge in [-0.25, -0.2) is 0 Å². The number of morpholine rings is 1. The summed E-state index contributed by atoms with van der Waals surface area (Å²) in [6.07, 6.45) is 3.18. The van der Waals surface area contributed by atoms with Crippen LogP contribution in [0.2, 0.25) is 0 Å². The van der Waals surface area contributed by atoms with Crippen molar-refractivity contribution in [3.63, 3.8) is 0 Å². The number of rotatable bonds is 6. The van der Waals surface area contributed by atoms with Crippen LogP contribution in [-0.4, -0.2) is 96.5 Å². The molecule has 0 saturated carbocycles. The highest BCUT2D eigenvalue weighted by atomic mass is 16.5. The molecule has 2 aliphatic heterocycles. The summed E-state index contributed by atoms with van der Waals surface area (Å²) in [7, 11) is 0. The zero-order valence-electron chi connectivity index (χ0n) is 15.8. The van der Waals surface area contributed by atoms with Crippen molar-refractivity contribution in [2.75, 3.05) is 75.8 Å². The van der Waals surface area contributed by atoms with Crippen molar-refractivity contribution in [2.24, 2.45) is 0 Å². The lowest BCUT2D eigenvalue weighted by atomic mass is 10.3. The van der Waals surface area contributed by atoms with E-state index in [0.29, 0.717) is 37.9 Å². The molecule has 2 fully saturated rings. The van der Waals surface area contributed by atoms with Gasteiger partial charge >= 0.3 is 0 Å². The number of nitrogens with one attached hydrogen (secondary N) is 1. The fourth-order valence-electron chi connectivity index (χ4n) is 3.37. The Morgan fingerprint density at radius 2 is 1.96 bits per heavy atom. The van der Waals surface area contributed by atoms with Crippen LogP contribution in [-0.2, 0) is 4.74 Å². The zero-order chi connectivity index (χ0) is 19.2. The zero-order valence-corrected chi connectivity index (χ0v) is 15.8. The van der Waals surface area contributed by atoms with Gasteiger partial charge in [-0.05, 0) is 12.1 Å². The maximum atomic E-state index is 12.4. The molecule has 28 heavy (non-hydrogen) atoms.